The second-order valence-electron chi connectivity index (χ2n) is 6.79. The van der Waals surface area contributed by atoms with Gasteiger partial charge >= 0.3 is 0 Å². The highest BCUT2D eigenvalue weighted by Crippen LogP contribution is 2.21. The number of pyridine rings is 1. The zero-order valence-corrected chi connectivity index (χ0v) is 16.2. The van der Waals surface area contributed by atoms with Gasteiger partial charge in [0.1, 0.15) is 11.5 Å². The van der Waals surface area contributed by atoms with Gasteiger partial charge in [0.05, 0.1) is 17.1 Å². The molecule has 144 valence electrons. The van der Waals surface area contributed by atoms with Gasteiger partial charge in [-0.1, -0.05) is 60.7 Å². The van der Waals surface area contributed by atoms with E-state index in [0.29, 0.717) is 12.2 Å². The molecule has 1 atom stereocenters. The third-order valence-corrected chi connectivity index (χ3v) is 4.71. The number of aromatic nitrogens is 3. The second-order valence-corrected chi connectivity index (χ2v) is 6.79. The number of hydrogen-bond donors (Lipinski definition) is 1. The zero-order valence-electron chi connectivity index (χ0n) is 16.2. The molecule has 5 heteroatoms. The number of carbonyl (C=O) groups excluding carboxylic acids is 1. The minimum Gasteiger partial charge on any atom is -0.341 e. The summed E-state index contributed by atoms with van der Waals surface area (Å²) in [4.78, 5) is 21.4. The average Bonchev–Trinajstić information content (AvgIpc) is 3.14. The number of carbonyl (C=O) groups is 1. The summed E-state index contributed by atoms with van der Waals surface area (Å²) in [5, 5.41) is 3.01. The molecule has 2 aromatic carbocycles. The first-order valence-electron chi connectivity index (χ1n) is 9.61. The minimum absolute atomic E-state index is 0.212. The quantitative estimate of drug-likeness (QED) is 0.529. The number of fused-ring (bicyclic) bond motifs is 1. The van der Waals surface area contributed by atoms with Crippen molar-refractivity contribution in [2.75, 3.05) is 0 Å². The van der Waals surface area contributed by atoms with Gasteiger partial charge in [-0.25, -0.2) is 4.98 Å². The Morgan fingerprint density at radius 1 is 1.03 bits per heavy atom. The number of imidazole rings is 1. The summed E-state index contributed by atoms with van der Waals surface area (Å²) in [6.07, 6.45) is 5.82. The summed E-state index contributed by atoms with van der Waals surface area (Å²) in [6, 6.07) is 23.2. The lowest BCUT2D eigenvalue weighted by molar-refractivity contribution is 0.0932. The van der Waals surface area contributed by atoms with Gasteiger partial charge in [-0.05, 0) is 36.8 Å². The fraction of sp³-hybridized carbons (Fsp3) is 0.125. The maximum atomic E-state index is 12.5. The van der Waals surface area contributed by atoms with Crippen molar-refractivity contribution >= 4 is 23.0 Å². The van der Waals surface area contributed by atoms with Crippen LogP contribution < -0.4 is 5.32 Å². The van der Waals surface area contributed by atoms with E-state index in [-0.39, 0.29) is 11.9 Å². The van der Waals surface area contributed by atoms with Crippen LogP contribution in [0.25, 0.3) is 17.1 Å². The summed E-state index contributed by atoms with van der Waals surface area (Å²) in [7, 11) is 0. The van der Waals surface area contributed by atoms with E-state index in [9.17, 15) is 4.79 Å². The molecule has 29 heavy (non-hydrogen) atoms. The van der Waals surface area contributed by atoms with Crippen molar-refractivity contribution in [2.24, 2.45) is 0 Å². The molecule has 0 spiro atoms. The number of hydrogen-bond acceptors (Lipinski definition) is 3. The van der Waals surface area contributed by atoms with Gasteiger partial charge in [0.15, 0.2) is 0 Å². The number of nitrogens with one attached hydrogen (secondary N) is 1. The van der Waals surface area contributed by atoms with Crippen LogP contribution in [0.4, 0.5) is 0 Å². The van der Waals surface area contributed by atoms with Gasteiger partial charge < -0.3 is 9.88 Å². The van der Waals surface area contributed by atoms with Crippen LogP contribution in [0.1, 0.15) is 34.8 Å². The lowest BCUT2D eigenvalue weighted by atomic mass is 10.2. The standard InChI is InChI=1S/C24H22N4O/c1-18(26-24(29)21-14-7-8-16-25-21)23-27-20-13-5-6-15-22(20)28(23)17-9-12-19-10-3-2-4-11-19/h2-16,18H,17H2,1H3,(H,26,29)/b12-9+. The number of para-hydroxylation sites is 2. The van der Waals surface area contributed by atoms with E-state index >= 15 is 0 Å². The first-order chi connectivity index (χ1) is 14.2. The van der Waals surface area contributed by atoms with Gasteiger partial charge in [0.25, 0.3) is 5.91 Å². The molecule has 4 rings (SSSR count). The number of nitrogens with zero attached hydrogens (tertiary/aromatic N) is 3. The fourth-order valence-corrected chi connectivity index (χ4v) is 3.31. The summed E-state index contributed by atoms with van der Waals surface area (Å²) in [6.45, 7) is 2.61. The Morgan fingerprint density at radius 3 is 2.59 bits per heavy atom. The van der Waals surface area contributed by atoms with E-state index in [0.717, 1.165) is 22.4 Å². The Morgan fingerprint density at radius 2 is 1.79 bits per heavy atom. The molecule has 0 aliphatic carbocycles. The highest BCUT2D eigenvalue weighted by Gasteiger charge is 2.18. The van der Waals surface area contributed by atoms with E-state index in [1.165, 1.54) is 0 Å². The molecule has 0 bridgehead atoms. The highest BCUT2D eigenvalue weighted by molar-refractivity contribution is 5.92. The molecule has 0 aliphatic rings. The molecular formula is C24H22N4O. The average molecular weight is 382 g/mol. The van der Waals surface area contributed by atoms with Crippen molar-refractivity contribution < 1.29 is 4.79 Å². The van der Waals surface area contributed by atoms with Gasteiger partial charge in [0.2, 0.25) is 0 Å². The van der Waals surface area contributed by atoms with E-state index < -0.39 is 0 Å². The monoisotopic (exact) mass is 382 g/mol. The van der Waals surface area contributed by atoms with Gasteiger partial charge in [-0.3, -0.25) is 9.78 Å². The zero-order chi connectivity index (χ0) is 20.1. The van der Waals surface area contributed by atoms with E-state index in [1.807, 2.05) is 43.3 Å². The SMILES string of the molecule is CC(NC(=O)c1ccccn1)c1nc2ccccc2n1C/C=C/c1ccccc1. The number of rotatable bonds is 6. The third kappa shape index (κ3) is 4.24. The predicted octanol–water partition coefficient (Wildman–Crippen LogP) is 4.64. The van der Waals surface area contributed by atoms with Gasteiger partial charge in [-0.2, -0.15) is 0 Å². The lowest BCUT2D eigenvalue weighted by Crippen LogP contribution is -2.29. The smallest absolute Gasteiger partial charge is 0.270 e. The highest BCUT2D eigenvalue weighted by atomic mass is 16.1. The Balaban J connectivity index is 1.60. The van der Waals surface area contributed by atoms with Crippen molar-refractivity contribution in [1.82, 2.24) is 19.9 Å². The molecule has 5 nitrogen and oxygen atoms in total. The van der Waals surface area contributed by atoms with Crippen LogP contribution >= 0.6 is 0 Å². The third-order valence-electron chi connectivity index (χ3n) is 4.71. The van der Waals surface area contributed by atoms with Crippen LogP contribution in [0.15, 0.2) is 85.1 Å². The molecule has 0 aliphatic heterocycles. The molecule has 2 aromatic heterocycles. The largest absolute Gasteiger partial charge is 0.341 e. The molecule has 2 heterocycles. The van der Waals surface area contributed by atoms with Crippen LogP contribution in [0.5, 0.6) is 0 Å². The normalized spacial score (nSPS) is 12.3. The van der Waals surface area contributed by atoms with E-state index in [2.05, 4.69) is 45.2 Å². The van der Waals surface area contributed by atoms with Crippen molar-refractivity contribution in [2.45, 2.75) is 19.5 Å². The van der Waals surface area contributed by atoms with Crippen molar-refractivity contribution in [1.29, 1.82) is 0 Å². The number of amides is 1. The molecule has 0 saturated carbocycles. The van der Waals surface area contributed by atoms with E-state index in [1.54, 1.807) is 24.4 Å². The van der Waals surface area contributed by atoms with Crippen molar-refractivity contribution in [3.8, 4) is 0 Å². The van der Waals surface area contributed by atoms with Gasteiger partial charge in [0, 0.05) is 12.7 Å². The molecule has 0 saturated heterocycles. The van der Waals surface area contributed by atoms with Crippen LogP contribution in [0.3, 0.4) is 0 Å². The summed E-state index contributed by atoms with van der Waals surface area (Å²) in [5.74, 6) is 0.602. The molecule has 4 aromatic rings. The van der Waals surface area contributed by atoms with Crippen molar-refractivity contribution in [3.63, 3.8) is 0 Å². The second kappa shape index (κ2) is 8.52. The number of benzene rings is 2. The Hall–Kier alpha value is -3.73. The van der Waals surface area contributed by atoms with Crippen LogP contribution in [-0.2, 0) is 6.54 Å². The molecule has 0 fully saturated rings. The molecule has 0 radical (unpaired) electrons. The van der Waals surface area contributed by atoms with Gasteiger partial charge in [-0.15, -0.1) is 0 Å². The first kappa shape index (κ1) is 18.6. The topological polar surface area (TPSA) is 59.8 Å². The maximum absolute atomic E-state index is 12.5. The van der Waals surface area contributed by atoms with Crippen LogP contribution in [0, 0.1) is 0 Å². The number of allylic oxidation sites excluding steroid dienone is 1. The summed E-state index contributed by atoms with van der Waals surface area (Å²) in [5.41, 5.74) is 3.50. The molecule has 1 N–H and O–H groups in total. The Bertz CT molecular complexity index is 1130. The minimum atomic E-state index is -0.262. The van der Waals surface area contributed by atoms with Crippen LogP contribution in [-0.4, -0.2) is 20.4 Å². The summed E-state index contributed by atoms with van der Waals surface area (Å²) < 4.78 is 2.14. The summed E-state index contributed by atoms with van der Waals surface area (Å²) >= 11 is 0. The maximum Gasteiger partial charge on any atom is 0.270 e. The lowest BCUT2D eigenvalue weighted by Gasteiger charge is -2.15. The Labute approximate surface area is 169 Å². The molecular weight excluding hydrogens is 360 g/mol. The molecule has 1 amide bonds. The molecule has 1 unspecified atom stereocenters. The Kier molecular flexibility index (Phi) is 5.47. The fourth-order valence-electron chi connectivity index (χ4n) is 3.31. The van der Waals surface area contributed by atoms with Crippen LogP contribution in [0.2, 0.25) is 0 Å². The van der Waals surface area contributed by atoms with Crippen molar-refractivity contribution in [3.05, 3.63) is 102 Å². The van der Waals surface area contributed by atoms with E-state index in [4.69, 9.17) is 4.98 Å². The first-order valence-corrected chi connectivity index (χ1v) is 9.61. The predicted molar refractivity (Wildman–Crippen MR) is 115 cm³/mol.